The summed E-state index contributed by atoms with van der Waals surface area (Å²) < 4.78 is 35.4. The average Bonchev–Trinajstić information content (AvgIpc) is 2.11. The molecule has 0 rings (SSSR count). The first-order valence-corrected chi connectivity index (χ1v) is 5.32. The van der Waals surface area contributed by atoms with E-state index in [1.54, 1.807) is 0 Å². The van der Waals surface area contributed by atoms with Crippen LogP contribution in [0.3, 0.4) is 0 Å². The predicted molar refractivity (Wildman–Crippen MR) is 58.9 cm³/mol. The maximum absolute atomic E-state index is 11.8. The molecule has 0 heterocycles. The molecule has 94 valence electrons. The van der Waals surface area contributed by atoms with Gasteiger partial charge >= 0.3 is 6.18 Å². The molecule has 0 aliphatic rings. The summed E-state index contributed by atoms with van der Waals surface area (Å²) in [6.07, 6.45) is -4.17. The Labute approximate surface area is 97.6 Å². The molecule has 1 amide bonds. The number of rotatable bonds is 6. The van der Waals surface area contributed by atoms with Crippen LogP contribution in [0.2, 0.25) is 0 Å². The largest absolute Gasteiger partial charge is 0.393 e. The first-order valence-electron chi connectivity index (χ1n) is 4.91. The van der Waals surface area contributed by atoms with Gasteiger partial charge in [0.25, 0.3) is 0 Å². The Balaban J connectivity index is 4.07. The van der Waals surface area contributed by atoms with Gasteiger partial charge in [-0.3, -0.25) is 4.79 Å². The fraction of sp³-hybridized carbons (Fsp3) is 0.778. The minimum Gasteiger partial charge on any atom is -0.393 e. The van der Waals surface area contributed by atoms with Crippen LogP contribution in [0.25, 0.3) is 0 Å². The molecule has 3 nitrogen and oxygen atoms in total. The van der Waals surface area contributed by atoms with Crippen LogP contribution >= 0.6 is 12.2 Å². The summed E-state index contributed by atoms with van der Waals surface area (Å²) in [7, 11) is 0. The maximum Gasteiger partial charge on any atom is 0.390 e. The Hall–Kier alpha value is -0.850. The lowest BCUT2D eigenvalue weighted by atomic mass is 10.0. The van der Waals surface area contributed by atoms with Crippen molar-refractivity contribution in [3.05, 3.63) is 0 Å². The van der Waals surface area contributed by atoms with Gasteiger partial charge in [-0.15, -0.1) is 0 Å². The zero-order chi connectivity index (χ0) is 12.8. The molecule has 1 atom stereocenters. The molecule has 0 radical (unpaired) electrons. The number of amides is 1. The van der Waals surface area contributed by atoms with Crippen molar-refractivity contribution in [1.29, 1.82) is 0 Å². The number of nitrogens with one attached hydrogen (secondary N) is 1. The molecule has 1 unspecified atom stereocenters. The molecule has 0 fully saturated rings. The quantitative estimate of drug-likeness (QED) is 0.712. The summed E-state index contributed by atoms with van der Waals surface area (Å²) in [5.74, 6) is -1.20. The molecule has 3 N–H and O–H groups in total. The zero-order valence-electron chi connectivity index (χ0n) is 8.93. The molecule has 0 aromatic carbocycles. The van der Waals surface area contributed by atoms with Gasteiger partial charge in [0.05, 0.1) is 17.3 Å². The number of alkyl halides is 3. The SMILES string of the molecule is CCCC(C(=O)NCCC(F)(F)F)C(N)=S. The molecular weight excluding hydrogens is 241 g/mol. The van der Waals surface area contributed by atoms with Gasteiger partial charge in [-0.25, -0.2) is 0 Å². The van der Waals surface area contributed by atoms with Crippen molar-refractivity contribution in [2.24, 2.45) is 11.7 Å². The molecule has 0 saturated heterocycles. The predicted octanol–water partition coefficient (Wildman–Crippen LogP) is 1.76. The first-order chi connectivity index (χ1) is 7.28. The minimum atomic E-state index is -4.27. The number of carbonyl (C=O) groups excluding carboxylic acids is 1. The highest BCUT2D eigenvalue weighted by molar-refractivity contribution is 7.80. The van der Waals surface area contributed by atoms with Gasteiger partial charge in [-0.1, -0.05) is 25.6 Å². The third-order valence-corrected chi connectivity index (χ3v) is 2.23. The molecule has 0 aromatic heterocycles. The topological polar surface area (TPSA) is 55.1 Å². The average molecular weight is 256 g/mol. The van der Waals surface area contributed by atoms with Crippen LogP contribution in [-0.2, 0) is 4.79 Å². The maximum atomic E-state index is 11.8. The summed E-state index contributed by atoms with van der Waals surface area (Å²) in [5.41, 5.74) is 5.33. The highest BCUT2D eigenvalue weighted by atomic mass is 32.1. The van der Waals surface area contributed by atoms with Gasteiger partial charge in [-0.2, -0.15) is 13.2 Å². The van der Waals surface area contributed by atoms with Crippen LogP contribution in [-0.4, -0.2) is 23.6 Å². The van der Waals surface area contributed by atoms with Crippen LogP contribution in [0.5, 0.6) is 0 Å². The molecule has 0 aromatic rings. The lowest BCUT2D eigenvalue weighted by Crippen LogP contribution is -2.39. The zero-order valence-corrected chi connectivity index (χ0v) is 9.75. The number of carbonyl (C=O) groups is 1. The van der Waals surface area contributed by atoms with Gasteiger partial charge in [0.15, 0.2) is 0 Å². The van der Waals surface area contributed by atoms with Gasteiger partial charge < -0.3 is 11.1 Å². The van der Waals surface area contributed by atoms with Crippen molar-refractivity contribution < 1.29 is 18.0 Å². The van der Waals surface area contributed by atoms with Crippen molar-refractivity contribution in [1.82, 2.24) is 5.32 Å². The van der Waals surface area contributed by atoms with E-state index in [2.05, 4.69) is 17.5 Å². The number of hydrogen-bond acceptors (Lipinski definition) is 2. The Morgan fingerprint density at radius 2 is 2.06 bits per heavy atom. The number of hydrogen-bond donors (Lipinski definition) is 2. The summed E-state index contributed by atoms with van der Waals surface area (Å²) in [6.45, 7) is 1.40. The second-order valence-corrected chi connectivity index (χ2v) is 3.87. The van der Waals surface area contributed by atoms with E-state index in [0.29, 0.717) is 12.8 Å². The number of nitrogens with two attached hydrogens (primary N) is 1. The monoisotopic (exact) mass is 256 g/mol. The summed E-state index contributed by atoms with van der Waals surface area (Å²) >= 11 is 4.68. The fourth-order valence-electron chi connectivity index (χ4n) is 1.14. The van der Waals surface area contributed by atoms with Crippen LogP contribution < -0.4 is 11.1 Å². The molecule has 7 heteroatoms. The van der Waals surface area contributed by atoms with Crippen molar-refractivity contribution in [3.63, 3.8) is 0 Å². The van der Waals surface area contributed by atoms with E-state index < -0.39 is 31.0 Å². The van der Waals surface area contributed by atoms with Gasteiger partial charge in [0, 0.05) is 6.54 Å². The van der Waals surface area contributed by atoms with Gasteiger partial charge in [0.2, 0.25) is 5.91 Å². The van der Waals surface area contributed by atoms with E-state index in [9.17, 15) is 18.0 Å². The smallest absolute Gasteiger partial charge is 0.390 e. The first kappa shape index (κ1) is 15.2. The third kappa shape index (κ3) is 6.60. The van der Waals surface area contributed by atoms with Crippen molar-refractivity contribution in [2.45, 2.75) is 32.4 Å². The molecule has 0 saturated carbocycles. The minimum absolute atomic E-state index is 0.0198. The van der Waals surface area contributed by atoms with Crippen LogP contribution in [0.15, 0.2) is 0 Å². The fourth-order valence-corrected chi connectivity index (χ4v) is 1.37. The lowest BCUT2D eigenvalue weighted by Gasteiger charge is -2.15. The van der Waals surface area contributed by atoms with E-state index >= 15 is 0 Å². The van der Waals surface area contributed by atoms with E-state index in [4.69, 9.17) is 5.73 Å². The van der Waals surface area contributed by atoms with Crippen molar-refractivity contribution in [3.8, 4) is 0 Å². The standard InChI is InChI=1S/C9H15F3N2OS/c1-2-3-6(7(13)16)8(15)14-5-4-9(10,11)12/h6H,2-5H2,1H3,(H2,13,16)(H,14,15). The molecule has 0 bridgehead atoms. The lowest BCUT2D eigenvalue weighted by molar-refractivity contribution is -0.136. The van der Waals surface area contributed by atoms with E-state index in [1.807, 2.05) is 6.92 Å². The molecular formula is C9H15F3N2OS. The Morgan fingerprint density at radius 3 is 2.44 bits per heavy atom. The second-order valence-electron chi connectivity index (χ2n) is 3.40. The highest BCUT2D eigenvalue weighted by Gasteiger charge is 2.27. The summed E-state index contributed by atoms with van der Waals surface area (Å²) in [6, 6.07) is 0. The Bertz CT molecular complexity index is 256. The molecule has 0 aliphatic carbocycles. The molecule has 0 spiro atoms. The van der Waals surface area contributed by atoms with Crippen molar-refractivity contribution >= 4 is 23.1 Å². The second kappa shape index (κ2) is 6.67. The van der Waals surface area contributed by atoms with Gasteiger partial charge in [-0.05, 0) is 6.42 Å². The number of halogens is 3. The van der Waals surface area contributed by atoms with Gasteiger partial charge in [0.1, 0.15) is 0 Å². The van der Waals surface area contributed by atoms with Crippen molar-refractivity contribution in [2.75, 3.05) is 6.54 Å². The number of thiocarbonyl (C=S) groups is 1. The Morgan fingerprint density at radius 1 is 1.50 bits per heavy atom. The van der Waals surface area contributed by atoms with E-state index in [1.165, 1.54) is 0 Å². The molecule has 16 heavy (non-hydrogen) atoms. The third-order valence-electron chi connectivity index (χ3n) is 1.94. The van der Waals surface area contributed by atoms with Crippen LogP contribution in [0.4, 0.5) is 13.2 Å². The normalized spacial score (nSPS) is 13.2. The molecule has 0 aliphatic heterocycles. The van der Waals surface area contributed by atoms with Crippen LogP contribution in [0, 0.1) is 5.92 Å². The Kier molecular flexibility index (Phi) is 6.32. The highest BCUT2D eigenvalue weighted by Crippen LogP contribution is 2.18. The summed E-state index contributed by atoms with van der Waals surface area (Å²) in [4.78, 5) is 11.4. The van der Waals surface area contributed by atoms with E-state index in [0.717, 1.165) is 0 Å². The van der Waals surface area contributed by atoms with Crippen LogP contribution in [0.1, 0.15) is 26.2 Å². The summed E-state index contributed by atoms with van der Waals surface area (Å²) in [5, 5.41) is 2.18. The van der Waals surface area contributed by atoms with E-state index in [-0.39, 0.29) is 4.99 Å².